The van der Waals surface area contributed by atoms with Crippen LogP contribution < -0.4 is 5.32 Å². The van der Waals surface area contributed by atoms with Gasteiger partial charge in [0.2, 0.25) is 0 Å². The standard InChI is InChI=1S/C15H13NO2S/c17-14(18)9-8-10-4-3-7-13-15(10)16-11-5-1-2-6-12(11)19-13/h1-7,16H,8-9H2,(H,17,18). The van der Waals surface area contributed by atoms with Crippen LogP contribution in [0.4, 0.5) is 11.4 Å². The van der Waals surface area contributed by atoms with Crippen LogP contribution in [0, 0.1) is 0 Å². The van der Waals surface area contributed by atoms with Crippen molar-refractivity contribution in [2.45, 2.75) is 22.6 Å². The Kier molecular flexibility index (Phi) is 3.17. The summed E-state index contributed by atoms with van der Waals surface area (Å²) in [5.74, 6) is -0.763. The van der Waals surface area contributed by atoms with Crippen molar-refractivity contribution in [1.29, 1.82) is 0 Å². The Morgan fingerprint density at radius 1 is 1.11 bits per heavy atom. The summed E-state index contributed by atoms with van der Waals surface area (Å²) in [4.78, 5) is 13.1. The van der Waals surface area contributed by atoms with Crippen molar-refractivity contribution in [2.24, 2.45) is 0 Å². The first-order chi connectivity index (χ1) is 9.24. The molecule has 96 valence electrons. The van der Waals surface area contributed by atoms with E-state index in [-0.39, 0.29) is 6.42 Å². The van der Waals surface area contributed by atoms with E-state index in [1.807, 2.05) is 30.3 Å². The molecule has 0 aliphatic carbocycles. The molecule has 19 heavy (non-hydrogen) atoms. The van der Waals surface area contributed by atoms with E-state index in [2.05, 4.69) is 17.4 Å². The first kappa shape index (κ1) is 12.1. The summed E-state index contributed by atoms with van der Waals surface area (Å²) in [6.45, 7) is 0. The highest BCUT2D eigenvalue weighted by molar-refractivity contribution is 7.99. The predicted molar refractivity (Wildman–Crippen MR) is 76.2 cm³/mol. The number of benzene rings is 2. The maximum absolute atomic E-state index is 10.7. The molecular weight excluding hydrogens is 258 g/mol. The molecule has 2 aromatic carbocycles. The molecule has 0 fully saturated rings. The van der Waals surface area contributed by atoms with Crippen LogP contribution in [0.2, 0.25) is 0 Å². The average Bonchev–Trinajstić information content (AvgIpc) is 2.42. The Hall–Kier alpha value is -1.94. The molecule has 2 aromatic rings. The molecule has 3 nitrogen and oxygen atoms in total. The number of hydrogen-bond acceptors (Lipinski definition) is 3. The van der Waals surface area contributed by atoms with Crippen LogP contribution in [0.25, 0.3) is 0 Å². The third-order valence-corrected chi connectivity index (χ3v) is 4.22. The molecule has 2 N–H and O–H groups in total. The Labute approximate surface area is 115 Å². The van der Waals surface area contributed by atoms with Crippen LogP contribution >= 0.6 is 11.8 Å². The van der Waals surface area contributed by atoms with Gasteiger partial charge in [-0.1, -0.05) is 36.0 Å². The molecule has 0 amide bonds. The fourth-order valence-electron chi connectivity index (χ4n) is 2.17. The van der Waals surface area contributed by atoms with Crippen molar-refractivity contribution >= 4 is 29.1 Å². The normalized spacial score (nSPS) is 12.2. The third kappa shape index (κ3) is 2.44. The van der Waals surface area contributed by atoms with Gasteiger partial charge in [0.1, 0.15) is 0 Å². The predicted octanol–water partition coefficient (Wildman–Crippen LogP) is 3.91. The van der Waals surface area contributed by atoms with E-state index in [0.29, 0.717) is 6.42 Å². The SMILES string of the molecule is O=C(O)CCc1cccc2c1Nc1ccccc1S2. The second-order valence-corrected chi connectivity index (χ2v) is 5.49. The van der Waals surface area contributed by atoms with Crippen molar-refractivity contribution in [3.8, 4) is 0 Å². The van der Waals surface area contributed by atoms with E-state index in [1.54, 1.807) is 11.8 Å². The largest absolute Gasteiger partial charge is 0.481 e. The van der Waals surface area contributed by atoms with Crippen molar-refractivity contribution in [1.82, 2.24) is 0 Å². The molecule has 0 saturated heterocycles. The molecule has 1 heterocycles. The fourth-order valence-corrected chi connectivity index (χ4v) is 3.21. The van der Waals surface area contributed by atoms with Gasteiger partial charge in [-0.3, -0.25) is 4.79 Å². The quantitative estimate of drug-likeness (QED) is 0.758. The van der Waals surface area contributed by atoms with E-state index in [9.17, 15) is 4.79 Å². The lowest BCUT2D eigenvalue weighted by Crippen LogP contribution is -2.05. The van der Waals surface area contributed by atoms with Crippen LogP contribution in [-0.4, -0.2) is 11.1 Å². The number of aliphatic carboxylic acids is 1. The second-order valence-electron chi connectivity index (χ2n) is 4.41. The zero-order valence-corrected chi connectivity index (χ0v) is 11.0. The van der Waals surface area contributed by atoms with Gasteiger partial charge in [0.15, 0.2) is 0 Å². The molecule has 0 radical (unpaired) electrons. The number of hydrogen-bond donors (Lipinski definition) is 2. The van der Waals surface area contributed by atoms with Gasteiger partial charge in [-0.2, -0.15) is 0 Å². The van der Waals surface area contributed by atoms with E-state index < -0.39 is 5.97 Å². The zero-order valence-electron chi connectivity index (χ0n) is 10.2. The molecule has 0 aromatic heterocycles. The molecule has 1 aliphatic rings. The van der Waals surface area contributed by atoms with Crippen molar-refractivity contribution in [2.75, 3.05) is 5.32 Å². The molecule has 0 unspecified atom stereocenters. The molecule has 0 spiro atoms. The lowest BCUT2D eigenvalue weighted by atomic mass is 10.1. The molecule has 0 bridgehead atoms. The Bertz CT molecular complexity index is 640. The number of fused-ring (bicyclic) bond motifs is 2. The van der Waals surface area contributed by atoms with E-state index in [1.165, 1.54) is 4.90 Å². The monoisotopic (exact) mass is 271 g/mol. The summed E-state index contributed by atoms with van der Waals surface area (Å²) in [6.07, 6.45) is 0.707. The summed E-state index contributed by atoms with van der Waals surface area (Å²) in [7, 11) is 0. The second kappa shape index (κ2) is 4.97. The highest BCUT2D eigenvalue weighted by Gasteiger charge is 2.17. The number of carboxylic acids is 1. The van der Waals surface area contributed by atoms with Gasteiger partial charge in [-0.25, -0.2) is 0 Å². The number of aryl methyl sites for hydroxylation is 1. The summed E-state index contributed by atoms with van der Waals surface area (Å²) in [5, 5.41) is 12.2. The van der Waals surface area contributed by atoms with Gasteiger partial charge in [-0.15, -0.1) is 0 Å². The van der Waals surface area contributed by atoms with Gasteiger partial charge >= 0.3 is 5.97 Å². The van der Waals surface area contributed by atoms with Crippen molar-refractivity contribution < 1.29 is 9.90 Å². The van der Waals surface area contributed by atoms with Crippen molar-refractivity contribution in [3.05, 3.63) is 48.0 Å². The van der Waals surface area contributed by atoms with E-state index >= 15 is 0 Å². The first-order valence-electron chi connectivity index (χ1n) is 6.11. The van der Waals surface area contributed by atoms with Crippen LogP contribution in [0.5, 0.6) is 0 Å². The topological polar surface area (TPSA) is 49.3 Å². The molecule has 4 heteroatoms. The van der Waals surface area contributed by atoms with E-state index in [4.69, 9.17) is 5.11 Å². The fraction of sp³-hybridized carbons (Fsp3) is 0.133. The van der Waals surface area contributed by atoms with Gasteiger partial charge in [0, 0.05) is 16.2 Å². The number of nitrogens with one attached hydrogen (secondary N) is 1. The van der Waals surface area contributed by atoms with Crippen LogP contribution in [0.3, 0.4) is 0 Å². The summed E-state index contributed by atoms with van der Waals surface area (Å²) in [5.41, 5.74) is 3.19. The molecule has 1 aliphatic heterocycles. The lowest BCUT2D eigenvalue weighted by molar-refractivity contribution is -0.136. The minimum absolute atomic E-state index is 0.157. The molecule has 0 saturated carbocycles. The van der Waals surface area contributed by atoms with Crippen LogP contribution in [0.1, 0.15) is 12.0 Å². The van der Waals surface area contributed by atoms with Crippen LogP contribution in [0.15, 0.2) is 52.3 Å². The highest BCUT2D eigenvalue weighted by atomic mass is 32.2. The minimum atomic E-state index is -0.763. The molecular formula is C15H13NO2S. The Balaban J connectivity index is 1.94. The molecule has 3 rings (SSSR count). The van der Waals surface area contributed by atoms with Gasteiger partial charge in [0.05, 0.1) is 11.4 Å². The maximum Gasteiger partial charge on any atom is 0.303 e. The number of carbonyl (C=O) groups is 1. The van der Waals surface area contributed by atoms with Crippen molar-refractivity contribution in [3.63, 3.8) is 0 Å². The Morgan fingerprint density at radius 2 is 1.89 bits per heavy atom. The summed E-state index contributed by atoms with van der Waals surface area (Å²) >= 11 is 1.72. The van der Waals surface area contributed by atoms with Gasteiger partial charge < -0.3 is 10.4 Å². The zero-order chi connectivity index (χ0) is 13.2. The average molecular weight is 271 g/mol. The highest BCUT2D eigenvalue weighted by Crippen LogP contribution is 2.45. The maximum atomic E-state index is 10.7. The van der Waals surface area contributed by atoms with Gasteiger partial charge in [-0.05, 0) is 30.2 Å². The Morgan fingerprint density at radius 3 is 2.74 bits per heavy atom. The first-order valence-corrected chi connectivity index (χ1v) is 6.93. The molecule has 0 atom stereocenters. The number of anilines is 2. The van der Waals surface area contributed by atoms with Crippen LogP contribution in [-0.2, 0) is 11.2 Å². The summed E-state index contributed by atoms with van der Waals surface area (Å²) in [6, 6.07) is 14.2. The number of carboxylic acid groups (broad SMARTS) is 1. The minimum Gasteiger partial charge on any atom is -0.481 e. The smallest absolute Gasteiger partial charge is 0.303 e. The van der Waals surface area contributed by atoms with E-state index in [0.717, 1.165) is 21.8 Å². The lowest BCUT2D eigenvalue weighted by Gasteiger charge is -2.23. The van der Waals surface area contributed by atoms with Gasteiger partial charge in [0.25, 0.3) is 0 Å². The number of rotatable bonds is 3. The third-order valence-electron chi connectivity index (χ3n) is 3.09. The number of para-hydroxylation sites is 2. The summed E-state index contributed by atoms with van der Waals surface area (Å²) < 4.78 is 0.